The summed E-state index contributed by atoms with van der Waals surface area (Å²) in [5.74, 6) is 0.298. The molecule has 31 heavy (non-hydrogen) atoms. The van der Waals surface area contributed by atoms with Gasteiger partial charge in [-0.05, 0) is 30.5 Å². The molecule has 160 valence electrons. The van der Waals surface area contributed by atoms with Crippen molar-refractivity contribution in [3.05, 3.63) is 72.4 Å². The summed E-state index contributed by atoms with van der Waals surface area (Å²) in [6.07, 6.45) is 6.65. The van der Waals surface area contributed by atoms with Crippen molar-refractivity contribution in [2.45, 2.75) is 32.4 Å². The number of pyridine rings is 1. The highest BCUT2D eigenvalue weighted by molar-refractivity contribution is 5.92. The Bertz CT molecular complexity index is 1020. The summed E-state index contributed by atoms with van der Waals surface area (Å²) in [4.78, 5) is 34.7. The van der Waals surface area contributed by atoms with E-state index in [0.717, 1.165) is 32.5 Å². The van der Waals surface area contributed by atoms with Gasteiger partial charge in [0.05, 0.1) is 11.9 Å². The van der Waals surface area contributed by atoms with Crippen molar-refractivity contribution in [2.75, 3.05) is 18.4 Å². The number of hydrogen-bond acceptors (Lipinski definition) is 5. The fourth-order valence-corrected chi connectivity index (χ4v) is 3.72. The Morgan fingerprint density at radius 2 is 1.84 bits per heavy atom. The lowest BCUT2D eigenvalue weighted by Gasteiger charge is -2.32. The van der Waals surface area contributed by atoms with E-state index in [1.807, 2.05) is 6.07 Å². The van der Waals surface area contributed by atoms with Gasteiger partial charge in [0.2, 0.25) is 5.91 Å². The number of piperidine rings is 1. The fraction of sp³-hybridized carbons (Fsp3) is 0.304. The van der Waals surface area contributed by atoms with Gasteiger partial charge in [-0.15, -0.1) is 0 Å². The maximum Gasteiger partial charge on any atom is 0.271 e. The van der Waals surface area contributed by atoms with E-state index in [4.69, 9.17) is 0 Å². The average molecular weight is 419 g/mol. The molecular weight excluding hydrogens is 392 g/mol. The zero-order valence-corrected chi connectivity index (χ0v) is 17.5. The zero-order chi connectivity index (χ0) is 21.6. The predicted octanol–water partition coefficient (Wildman–Crippen LogP) is 2.62. The molecule has 2 aromatic heterocycles. The minimum absolute atomic E-state index is 0.151. The SMILES string of the molecule is CC(=O)Nc1ccc(-n2cnc(C(=O)NC3CCN(Cc4ccccc4)CC3)c2)nc1. The second-order valence-electron chi connectivity index (χ2n) is 7.76. The molecule has 1 aromatic carbocycles. The van der Waals surface area contributed by atoms with E-state index in [1.54, 1.807) is 35.4 Å². The summed E-state index contributed by atoms with van der Waals surface area (Å²) in [7, 11) is 0. The first-order chi connectivity index (χ1) is 15.1. The van der Waals surface area contributed by atoms with Crippen LogP contribution in [0.1, 0.15) is 35.8 Å². The molecule has 1 saturated heterocycles. The van der Waals surface area contributed by atoms with Crippen molar-refractivity contribution in [3.63, 3.8) is 0 Å². The minimum Gasteiger partial charge on any atom is -0.348 e. The van der Waals surface area contributed by atoms with E-state index < -0.39 is 0 Å². The Labute approximate surface area is 181 Å². The lowest BCUT2D eigenvalue weighted by molar-refractivity contribution is -0.114. The predicted molar refractivity (Wildman–Crippen MR) is 118 cm³/mol. The van der Waals surface area contributed by atoms with E-state index >= 15 is 0 Å². The Hall–Kier alpha value is -3.52. The molecule has 2 amide bonds. The van der Waals surface area contributed by atoms with Gasteiger partial charge < -0.3 is 10.6 Å². The molecule has 3 heterocycles. The molecule has 1 fully saturated rings. The Balaban J connectivity index is 1.29. The van der Waals surface area contributed by atoms with Crippen LogP contribution < -0.4 is 10.6 Å². The largest absolute Gasteiger partial charge is 0.348 e. The van der Waals surface area contributed by atoms with Crippen LogP contribution in [0.3, 0.4) is 0 Å². The van der Waals surface area contributed by atoms with E-state index in [1.165, 1.54) is 12.5 Å². The monoisotopic (exact) mass is 418 g/mol. The Kier molecular flexibility index (Phi) is 6.37. The first-order valence-corrected chi connectivity index (χ1v) is 10.4. The summed E-state index contributed by atoms with van der Waals surface area (Å²) < 4.78 is 1.69. The molecule has 4 rings (SSSR count). The lowest BCUT2D eigenvalue weighted by atomic mass is 10.0. The highest BCUT2D eigenvalue weighted by Crippen LogP contribution is 2.15. The van der Waals surface area contributed by atoms with Gasteiger partial charge in [-0.1, -0.05) is 30.3 Å². The van der Waals surface area contributed by atoms with Crippen LogP contribution in [0.25, 0.3) is 5.82 Å². The van der Waals surface area contributed by atoms with Crippen LogP contribution in [0.15, 0.2) is 61.2 Å². The number of aromatic nitrogens is 3. The molecule has 3 aromatic rings. The molecule has 8 heteroatoms. The van der Waals surface area contributed by atoms with Gasteiger partial charge in [0.15, 0.2) is 0 Å². The second kappa shape index (κ2) is 9.53. The van der Waals surface area contributed by atoms with Gasteiger partial charge >= 0.3 is 0 Å². The van der Waals surface area contributed by atoms with Crippen molar-refractivity contribution in [1.82, 2.24) is 24.8 Å². The molecule has 1 aliphatic heterocycles. The number of carbonyl (C=O) groups excluding carboxylic acids is 2. The van der Waals surface area contributed by atoms with Crippen molar-refractivity contribution < 1.29 is 9.59 Å². The molecule has 0 unspecified atom stereocenters. The quantitative estimate of drug-likeness (QED) is 0.642. The Morgan fingerprint density at radius 3 is 2.52 bits per heavy atom. The molecule has 1 aliphatic rings. The number of anilines is 1. The van der Waals surface area contributed by atoms with Crippen molar-refractivity contribution >= 4 is 17.5 Å². The summed E-state index contributed by atoms with van der Waals surface area (Å²) in [5.41, 5.74) is 2.29. The normalized spacial score (nSPS) is 14.9. The number of imidazole rings is 1. The maximum atomic E-state index is 12.6. The number of amides is 2. The van der Waals surface area contributed by atoms with Crippen LogP contribution in [0.5, 0.6) is 0 Å². The number of carbonyl (C=O) groups is 2. The van der Waals surface area contributed by atoms with Gasteiger partial charge in [0.25, 0.3) is 5.91 Å². The van der Waals surface area contributed by atoms with Gasteiger partial charge in [-0.3, -0.25) is 19.1 Å². The molecular formula is C23H26N6O2. The lowest BCUT2D eigenvalue weighted by Crippen LogP contribution is -2.44. The third-order valence-corrected chi connectivity index (χ3v) is 5.32. The van der Waals surface area contributed by atoms with E-state index in [-0.39, 0.29) is 17.9 Å². The van der Waals surface area contributed by atoms with Crippen LogP contribution in [0, 0.1) is 0 Å². The van der Waals surface area contributed by atoms with Gasteiger partial charge in [0, 0.05) is 38.8 Å². The number of rotatable bonds is 6. The van der Waals surface area contributed by atoms with Gasteiger partial charge in [-0.2, -0.15) is 0 Å². The molecule has 8 nitrogen and oxygen atoms in total. The third kappa shape index (κ3) is 5.55. The molecule has 0 spiro atoms. The smallest absolute Gasteiger partial charge is 0.271 e. The summed E-state index contributed by atoms with van der Waals surface area (Å²) in [6, 6.07) is 14.1. The molecule has 2 N–H and O–H groups in total. The first-order valence-electron chi connectivity index (χ1n) is 10.4. The van der Waals surface area contributed by atoms with E-state index in [9.17, 15) is 9.59 Å². The number of benzene rings is 1. The molecule has 0 atom stereocenters. The van der Waals surface area contributed by atoms with E-state index in [2.05, 4.69) is 49.8 Å². The summed E-state index contributed by atoms with van der Waals surface area (Å²) in [6.45, 7) is 4.30. The van der Waals surface area contributed by atoms with Gasteiger partial charge in [-0.25, -0.2) is 9.97 Å². The maximum absolute atomic E-state index is 12.6. The zero-order valence-electron chi connectivity index (χ0n) is 17.5. The van der Waals surface area contributed by atoms with Crippen LogP contribution in [-0.2, 0) is 11.3 Å². The number of nitrogens with zero attached hydrogens (tertiary/aromatic N) is 4. The van der Waals surface area contributed by atoms with Crippen LogP contribution in [0.2, 0.25) is 0 Å². The number of nitrogens with one attached hydrogen (secondary N) is 2. The molecule has 0 radical (unpaired) electrons. The van der Waals surface area contributed by atoms with Crippen LogP contribution in [0.4, 0.5) is 5.69 Å². The van der Waals surface area contributed by atoms with Crippen LogP contribution >= 0.6 is 0 Å². The van der Waals surface area contributed by atoms with Gasteiger partial charge in [0.1, 0.15) is 17.8 Å². The second-order valence-corrected chi connectivity index (χ2v) is 7.76. The minimum atomic E-state index is -0.171. The highest BCUT2D eigenvalue weighted by atomic mass is 16.2. The van der Waals surface area contributed by atoms with Crippen molar-refractivity contribution in [3.8, 4) is 5.82 Å². The molecule has 0 saturated carbocycles. The van der Waals surface area contributed by atoms with Crippen LogP contribution in [-0.4, -0.2) is 50.4 Å². The average Bonchev–Trinajstić information content (AvgIpc) is 3.26. The van der Waals surface area contributed by atoms with E-state index in [0.29, 0.717) is 17.2 Å². The number of hydrogen-bond donors (Lipinski definition) is 2. The Morgan fingerprint density at radius 1 is 1.06 bits per heavy atom. The molecule has 0 aliphatic carbocycles. The van der Waals surface area contributed by atoms with Crippen molar-refractivity contribution in [1.29, 1.82) is 0 Å². The highest BCUT2D eigenvalue weighted by Gasteiger charge is 2.22. The number of likely N-dealkylation sites (tertiary alicyclic amines) is 1. The fourth-order valence-electron chi connectivity index (χ4n) is 3.72. The first kappa shape index (κ1) is 20.7. The topological polar surface area (TPSA) is 92.1 Å². The third-order valence-electron chi connectivity index (χ3n) is 5.32. The summed E-state index contributed by atoms with van der Waals surface area (Å²) in [5, 5.41) is 5.78. The molecule has 0 bridgehead atoms. The standard InChI is InChI=1S/C23H26N6O2/c1-17(30)26-20-7-8-22(24-13-20)29-15-21(25-16-29)23(31)27-19-9-11-28(12-10-19)14-18-5-3-2-4-6-18/h2-8,13,15-16,19H,9-12,14H2,1H3,(H,26,30)(H,27,31). The van der Waals surface area contributed by atoms with Crippen molar-refractivity contribution in [2.24, 2.45) is 0 Å². The summed E-state index contributed by atoms with van der Waals surface area (Å²) >= 11 is 0.